The van der Waals surface area contributed by atoms with Gasteiger partial charge in [-0.1, -0.05) is 0 Å². The number of halogens is 2. The quantitative estimate of drug-likeness (QED) is 0.913. The minimum absolute atomic E-state index is 0.0230. The summed E-state index contributed by atoms with van der Waals surface area (Å²) in [6, 6.07) is 4.12. The van der Waals surface area contributed by atoms with Crippen LogP contribution in [0.4, 0.5) is 8.78 Å². The summed E-state index contributed by atoms with van der Waals surface area (Å²) in [7, 11) is -3.90. The molecule has 0 bridgehead atoms. The highest BCUT2D eigenvalue weighted by atomic mass is 32.2. The molecule has 0 saturated heterocycles. The van der Waals surface area contributed by atoms with E-state index in [1.807, 2.05) is 6.92 Å². The van der Waals surface area contributed by atoms with Gasteiger partial charge in [0.05, 0.1) is 17.1 Å². The Balaban J connectivity index is 2.17. The smallest absolute Gasteiger partial charge is 0.241 e. The Morgan fingerprint density at radius 1 is 1.25 bits per heavy atom. The molecule has 0 aliphatic carbocycles. The van der Waals surface area contributed by atoms with Gasteiger partial charge < -0.3 is 0 Å². The molecule has 0 spiro atoms. The van der Waals surface area contributed by atoms with Crippen LogP contribution in [0.1, 0.15) is 12.6 Å². The number of benzene rings is 1. The summed E-state index contributed by atoms with van der Waals surface area (Å²) in [5.74, 6) is -2.29. The van der Waals surface area contributed by atoms with Crippen molar-refractivity contribution in [3.05, 3.63) is 47.8 Å². The minimum atomic E-state index is -3.90. The Morgan fingerprint density at radius 2 is 2.00 bits per heavy atom. The molecule has 0 aliphatic rings. The second-order valence-electron chi connectivity index (χ2n) is 4.04. The molecule has 0 fully saturated rings. The maximum Gasteiger partial charge on any atom is 0.241 e. The SMILES string of the molecule is CCn1nccc1CNS(=O)(=O)c1ccc(F)c(F)c1. The lowest BCUT2D eigenvalue weighted by atomic mass is 10.3. The zero-order chi connectivity index (χ0) is 14.8. The lowest BCUT2D eigenvalue weighted by Gasteiger charge is -2.08. The fourth-order valence-corrected chi connectivity index (χ4v) is 2.70. The van der Waals surface area contributed by atoms with Crippen molar-refractivity contribution in [1.82, 2.24) is 14.5 Å². The van der Waals surface area contributed by atoms with Crippen molar-refractivity contribution in [2.75, 3.05) is 0 Å². The standard InChI is InChI=1S/C12H13F2N3O2S/c1-2-17-9(5-6-15-17)8-16-20(18,19)10-3-4-11(13)12(14)7-10/h3-7,16H,2,8H2,1H3. The highest BCUT2D eigenvalue weighted by Crippen LogP contribution is 2.14. The van der Waals surface area contributed by atoms with Gasteiger partial charge in [-0.15, -0.1) is 0 Å². The van der Waals surface area contributed by atoms with Crippen LogP contribution in [0.5, 0.6) is 0 Å². The van der Waals surface area contributed by atoms with Crippen molar-refractivity contribution in [1.29, 1.82) is 0 Å². The second-order valence-corrected chi connectivity index (χ2v) is 5.81. The van der Waals surface area contributed by atoms with E-state index in [1.54, 1.807) is 16.9 Å². The van der Waals surface area contributed by atoms with Crippen molar-refractivity contribution in [3.8, 4) is 0 Å². The second kappa shape index (κ2) is 5.68. The molecule has 5 nitrogen and oxygen atoms in total. The van der Waals surface area contributed by atoms with Crippen molar-refractivity contribution < 1.29 is 17.2 Å². The van der Waals surface area contributed by atoms with Crippen LogP contribution in [-0.4, -0.2) is 18.2 Å². The summed E-state index contributed by atoms with van der Waals surface area (Å²) in [5.41, 5.74) is 0.679. The van der Waals surface area contributed by atoms with E-state index in [-0.39, 0.29) is 11.4 Å². The van der Waals surface area contributed by atoms with Gasteiger partial charge in [0.15, 0.2) is 11.6 Å². The number of aromatic nitrogens is 2. The van der Waals surface area contributed by atoms with Crippen molar-refractivity contribution in [3.63, 3.8) is 0 Å². The normalized spacial score (nSPS) is 11.8. The Bertz CT molecular complexity index is 713. The maximum absolute atomic E-state index is 13.1. The molecule has 1 N–H and O–H groups in total. The van der Waals surface area contributed by atoms with Crippen LogP contribution >= 0.6 is 0 Å². The van der Waals surface area contributed by atoms with Gasteiger partial charge in [0.25, 0.3) is 0 Å². The van der Waals surface area contributed by atoms with Gasteiger partial charge in [0.1, 0.15) is 0 Å². The fourth-order valence-electron chi connectivity index (χ4n) is 1.69. The fraction of sp³-hybridized carbons (Fsp3) is 0.250. The first-order valence-corrected chi connectivity index (χ1v) is 7.37. The molecule has 8 heteroatoms. The number of hydrogen-bond donors (Lipinski definition) is 1. The average molecular weight is 301 g/mol. The highest BCUT2D eigenvalue weighted by molar-refractivity contribution is 7.89. The first-order chi connectivity index (χ1) is 9.44. The van der Waals surface area contributed by atoms with Crippen LogP contribution in [0, 0.1) is 11.6 Å². The Morgan fingerprint density at radius 3 is 2.65 bits per heavy atom. The topological polar surface area (TPSA) is 64.0 Å². The van der Waals surface area contributed by atoms with Gasteiger partial charge in [0.2, 0.25) is 10.0 Å². The molecular formula is C12H13F2N3O2S. The number of aryl methyl sites for hydroxylation is 1. The zero-order valence-electron chi connectivity index (χ0n) is 10.7. The van der Waals surface area contributed by atoms with Crippen LogP contribution in [0.2, 0.25) is 0 Å². The van der Waals surface area contributed by atoms with Gasteiger partial charge in [-0.05, 0) is 31.2 Å². The van der Waals surface area contributed by atoms with Gasteiger partial charge >= 0.3 is 0 Å². The zero-order valence-corrected chi connectivity index (χ0v) is 11.5. The molecule has 1 aromatic heterocycles. The molecule has 0 radical (unpaired) electrons. The van der Waals surface area contributed by atoms with Gasteiger partial charge in [0, 0.05) is 12.7 Å². The van der Waals surface area contributed by atoms with Crippen molar-refractivity contribution >= 4 is 10.0 Å². The Kier molecular flexibility index (Phi) is 4.15. The molecule has 2 aromatic rings. The van der Waals surface area contributed by atoms with Crippen LogP contribution in [0.3, 0.4) is 0 Å². The van der Waals surface area contributed by atoms with E-state index < -0.39 is 21.7 Å². The van der Waals surface area contributed by atoms with E-state index in [0.29, 0.717) is 18.3 Å². The van der Waals surface area contributed by atoms with Gasteiger partial charge in [-0.2, -0.15) is 5.10 Å². The molecule has 108 valence electrons. The number of hydrogen-bond acceptors (Lipinski definition) is 3. The monoisotopic (exact) mass is 301 g/mol. The summed E-state index contributed by atoms with van der Waals surface area (Å²) >= 11 is 0. The molecule has 2 rings (SSSR count). The summed E-state index contributed by atoms with van der Waals surface area (Å²) in [6.07, 6.45) is 1.56. The first kappa shape index (κ1) is 14.6. The molecule has 1 aromatic carbocycles. The summed E-state index contributed by atoms with van der Waals surface area (Å²) in [6.45, 7) is 2.50. The van der Waals surface area contributed by atoms with Gasteiger partial charge in [-0.3, -0.25) is 4.68 Å². The van der Waals surface area contributed by atoms with Crippen LogP contribution in [0.25, 0.3) is 0 Å². The molecule has 1 heterocycles. The third-order valence-electron chi connectivity index (χ3n) is 2.75. The number of nitrogens with zero attached hydrogens (tertiary/aromatic N) is 2. The average Bonchev–Trinajstić information content (AvgIpc) is 2.87. The molecule has 0 amide bonds. The van der Waals surface area contributed by atoms with Gasteiger partial charge in [-0.25, -0.2) is 21.9 Å². The lowest BCUT2D eigenvalue weighted by Crippen LogP contribution is -2.25. The summed E-state index contributed by atoms with van der Waals surface area (Å²) in [4.78, 5) is -0.320. The minimum Gasteiger partial charge on any atom is -0.269 e. The van der Waals surface area contributed by atoms with E-state index >= 15 is 0 Å². The number of sulfonamides is 1. The Labute approximate surface area is 115 Å². The molecule has 0 atom stereocenters. The number of rotatable bonds is 5. The maximum atomic E-state index is 13.1. The van der Waals surface area contributed by atoms with Crippen LogP contribution in [0.15, 0.2) is 35.4 Å². The largest absolute Gasteiger partial charge is 0.269 e. The van der Waals surface area contributed by atoms with Crippen molar-refractivity contribution in [2.24, 2.45) is 0 Å². The Hall–Kier alpha value is -1.80. The summed E-state index contributed by atoms with van der Waals surface area (Å²) < 4.78 is 53.7. The number of nitrogens with one attached hydrogen (secondary N) is 1. The van der Waals surface area contributed by atoms with E-state index in [9.17, 15) is 17.2 Å². The predicted molar refractivity (Wildman–Crippen MR) is 68.3 cm³/mol. The van der Waals surface area contributed by atoms with Crippen molar-refractivity contribution in [2.45, 2.75) is 24.9 Å². The summed E-state index contributed by atoms with van der Waals surface area (Å²) in [5, 5.41) is 4.01. The van der Waals surface area contributed by atoms with Crippen LogP contribution < -0.4 is 4.72 Å². The predicted octanol–water partition coefficient (Wildman–Crippen LogP) is 1.66. The lowest BCUT2D eigenvalue weighted by molar-refractivity contribution is 0.504. The third kappa shape index (κ3) is 3.02. The molecule has 0 saturated carbocycles. The third-order valence-corrected chi connectivity index (χ3v) is 4.15. The van der Waals surface area contributed by atoms with E-state index in [2.05, 4.69) is 9.82 Å². The molecule has 20 heavy (non-hydrogen) atoms. The van der Waals surface area contributed by atoms with E-state index in [1.165, 1.54) is 0 Å². The molecule has 0 unspecified atom stereocenters. The molecular weight excluding hydrogens is 288 g/mol. The van der Waals surface area contributed by atoms with E-state index in [4.69, 9.17) is 0 Å². The highest BCUT2D eigenvalue weighted by Gasteiger charge is 2.16. The first-order valence-electron chi connectivity index (χ1n) is 5.89. The molecule has 0 aliphatic heterocycles. The van der Waals surface area contributed by atoms with E-state index in [0.717, 1.165) is 12.1 Å². The van der Waals surface area contributed by atoms with Crippen LogP contribution in [-0.2, 0) is 23.1 Å².